The number of carbonyl (C=O) groups excluding carboxylic acids is 2. The van der Waals surface area contributed by atoms with E-state index in [1.54, 1.807) is 44.4 Å². The molecular formula is C30H36ClN3O5S. The van der Waals surface area contributed by atoms with Gasteiger partial charge >= 0.3 is 0 Å². The smallest absolute Gasteiger partial charge is 0.264 e. The molecule has 0 aromatic heterocycles. The summed E-state index contributed by atoms with van der Waals surface area (Å²) in [7, 11) is -2.63. The van der Waals surface area contributed by atoms with Crippen LogP contribution in [0.4, 0.5) is 5.69 Å². The van der Waals surface area contributed by atoms with Crippen molar-refractivity contribution in [2.75, 3.05) is 18.0 Å². The summed E-state index contributed by atoms with van der Waals surface area (Å²) < 4.78 is 34.2. The number of hydrogen-bond donors (Lipinski definition) is 1. The largest absolute Gasteiger partial charge is 0.497 e. The third kappa shape index (κ3) is 7.55. The molecule has 0 spiro atoms. The van der Waals surface area contributed by atoms with E-state index in [2.05, 4.69) is 5.32 Å². The lowest BCUT2D eigenvalue weighted by molar-refractivity contribution is -0.139. The van der Waals surface area contributed by atoms with Crippen molar-refractivity contribution in [2.45, 2.75) is 58.1 Å². The number of hydrogen-bond acceptors (Lipinski definition) is 5. The fourth-order valence-corrected chi connectivity index (χ4v) is 5.63. The van der Waals surface area contributed by atoms with E-state index < -0.39 is 28.5 Å². The van der Waals surface area contributed by atoms with Crippen LogP contribution < -0.4 is 14.4 Å². The van der Waals surface area contributed by atoms with Crippen molar-refractivity contribution in [1.82, 2.24) is 10.2 Å². The Bertz CT molecular complexity index is 1460. The van der Waals surface area contributed by atoms with Crippen molar-refractivity contribution in [2.24, 2.45) is 0 Å². The van der Waals surface area contributed by atoms with Crippen molar-refractivity contribution in [3.05, 3.63) is 88.4 Å². The van der Waals surface area contributed by atoms with Gasteiger partial charge in [0.25, 0.3) is 10.0 Å². The lowest BCUT2D eigenvalue weighted by Gasteiger charge is -2.32. The number of methoxy groups -OCH3 is 1. The average Bonchev–Trinajstić information content (AvgIpc) is 2.91. The van der Waals surface area contributed by atoms with Gasteiger partial charge in [0.1, 0.15) is 18.3 Å². The van der Waals surface area contributed by atoms with E-state index in [9.17, 15) is 18.0 Å². The van der Waals surface area contributed by atoms with Gasteiger partial charge in [0.2, 0.25) is 11.8 Å². The zero-order valence-electron chi connectivity index (χ0n) is 23.6. The highest BCUT2D eigenvalue weighted by atomic mass is 35.5. The summed E-state index contributed by atoms with van der Waals surface area (Å²) in [6, 6.07) is 17.2. The van der Waals surface area contributed by atoms with Gasteiger partial charge in [0.05, 0.1) is 17.7 Å². The fourth-order valence-electron chi connectivity index (χ4n) is 4.10. The molecule has 8 nitrogen and oxygen atoms in total. The number of rotatable bonds is 11. The summed E-state index contributed by atoms with van der Waals surface area (Å²) in [5.41, 5.74) is 2.93. The van der Waals surface area contributed by atoms with Crippen LogP contribution in [0.5, 0.6) is 5.75 Å². The van der Waals surface area contributed by atoms with Crippen LogP contribution in [-0.2, 0) is 26.2 Å². The van der Waals surface area contributed by atoms with Gasteiger partial charge in [-0.15, -0.1) is 0 Å². The Balaban J connectivity index is 2.06. The number of aryl methyl sites for hydroxylation is 2. The van der Waals surface area contributed by atoms with Crippen LogP contribution in [0.3, 0.4) is 0 Å². The molecule has 0 saturated heterocycles. The monoisotopic (exact) mass is 585 g/mol. The molecule has 0 saturated carbocycles. The number of nitrogens with one attached hydrogen (secondary N) is 1. The van der Waals surface area contributed by atoms with Crippen LogP contribution in [0.2, 0.25) is 5.02 Å². The molecule has 1 N–H and O–H groups in total. The Morgan fingerprint density at radius 3 is 2.23 bits per heavy atom. The minimum Gasteiger partial charge on any atom is -0.497 e. The van der Waals surface area contributed by atoms with Crippen LogP contribution in [-0.4, -0.2) is 50.9 Å². The molecule has 0 heterocycles. The molecule has 0 radical (unpaired) electrons. The quantitative estimate of drug-likeness (QED) is 0.338. The lowest BCUT2D eigenvalue weighted by Crippen LogP contribution is -2.52. The highest BCUT2D eigenvalue weighted by Crippen LogP contribution is 2.27. The van der Waals surface area contributed by atoms with E-state index in [0.717, 1.165) is 21.0 Å². The Morgan fingerprint density at radius 1 is 0.950 bits per heavy atom. The molecule has 0 aliphatic carbocycles. The Morgan fingerprint density at radius 2 is 1.62 bits per heavy atom. The number of carbonyl (C=O) groups is 2. The molecule has 0 bridgehead atoms. The summed E-state index contributed by atoms with van der Waals surface area (Å²) in [5, 5.41) is 3.24. The minimum absolute atomic E-state index is 0.00660. The predicted octanol–water partition coefficient (Wildman–Crippen LogP) is 5.10. The van der Waals surface area contributed by atoms with Crippen LogP contribution in [0, 0.1) is 13.8 Å². The lowest BCUT2D eigenvalue weighted by atomic mass is 10.1. The second-order valence-corrected chi connectivity index (χ2v) is 12.2. The fraction of sp³-hybridized carbons (Fsp3) is 0.333. The maximum atomic E-state index is 14.0. The normalized spacial score (nSPS) is 12.1. The van der Waals surface area contributed by atoms with Crippen molar-refractivity contribution < 1.29 is 22.7 Å². The maximum absolute atomic E-state index is 14.0. The summed E-state index contributed by atoms with van der Waals surface area (Å²) in [6.45, 7) is 8.65. The van der Waals surface area contributed by atoms with Crippen molar-refractivity contribution in [3.63, 3.8) is 0 Å². The van der Waals surface area contributed by atoms with Crippen molar-refractivity contribution in [3.8, 4) is 5.75 Å². The zero-order valence-corrected chi connectivity index (χ0v) is 25.2. The summed E-state index contributed by atoms with van der Waals surface area (Å²) in [5.74, 6) is -0.277. The van der Waals surface area contributed by atoms with E-state index in [1.165, 1.54) is 29.2 Å². The second kappa shape index (κ2) is 13.2. The van der Waals surface area contributed by atoms with E-state index in [4.69, 9.17) is 16.3 Å². The van der Waals surface area contributed by atoms with Crippen LogP contribution in [0.1, 0.15) is 37.5 Å². The van der Waals surface area contributed by atoms with Crippen molar-refractivity contribution in [1.29, 1.82) is 0 Å². The maximum Gasteiger partial charge on any atom is 0.264 e. The first kappa shape index (κ1) is 31.0. The summed E-state index contributed by atoms with van der Waals surface area (Å²) in [6.07, 6.45) is 0. The minimum atomic E-state index is -4.17. The van der Waals surface area contributed by atoms with Crippen LogP contribution in [0.15, 0.2) is 71.6 Å². The molecule has 0 unspecified atom stereocenters. The third-order valence-corrected chi connectivity index (χ3v) is 8.58. The van der Waals surface area contributed by atoms with Crippen LogP contribution in [0.25, 0.3) is 0 Å². The van der Waals surface area contributed by atoms with Gasteiger partial charge in [-0.05, 0) is 99.8 Å². The topological polar surface area (TPSA) is 96.0 Å². The number of amides is 2. The van der Waals surface area contributed by atoms with Gasteiger partial charge in [0, 0.05) is 17.6 Å². The molecule has 10 heteroatoms. The van der Waals surface area contributed by atoms with E-state index >= 15 is 0 Å². The standard InChI is InChI=1S/C30H36ClN3O5S/c1-20(2)32-30(36)23(5)33(18-24-8-7-9-27(17-24)39-6)29(35)19-34(26-13-10-21(3)22(4)16-26)40(37,38)28-14-11-25(31)12-15-28/h7-17,20,23H,18-19H2,1-6H3,(H,32,36)/t23-/m1/s1. The van der Waals surface area contributed by atoms with Gasteiger partial charge in [0.15, 0.2) is 0 Å². The Hall–Kier alpha value is -3.56. The Labute approximate surface area is 241 Å². The molecule has 40 heavy (non-hydrogen) atoms. The van der Waals surface area contributed by atoms with Gasteiger partial charge in [-0.2, -0.15) is 0 Å². The van der Waals surface area contributed by atoms with Gasteiger partial charge in [-0.1, -0.05) is 29.8 Å². The summed E-state index contributed by atoms with van der Waals surface area (Å²) in [4.78, 5) is 28.4. The molecule has 0 aliphatic heterocycles. The number of nitrogens with zero attached hydrogens (tertiary/aromatic N) is 2. The molecule has 1 atom stereocenters. The average molecular weight is 586 g/mol. The number of ether oxygens (including phenoxy) is 1. The molecular weight excluding hydrogens is 550 g/mol. The number of benzene rings is 3. The molecule has 3 aromatic carbocycles. The molecule has 0 fully saturated rings. The molecule has 3 aromatic rings. The first-order valence-corrected chi connectivity index (χ1v) is 14.7. The molecule has 2 amide bonds. The zero-order chi connectivity index (χ0) is 29.6. The first-order chi connectivity index (χ1) is 18.8. The van der Waals surface area contributed by atoms with Crippen LogP contribution >= 0.6 is 11.6 Å². The van der Waals surface area contributed by atoms with E-state index in [-0.39, 0.29) is 23.4 Å². The highest BCUT2D eigenvalue weighted by molar-refractivity contribution is 7.92. The summed E-state index contributed by atoms with van der Waals surface area (Å²) >= 11 is 6.01. The highest BCUT2D eigenvalue weighted by Gasteiger charge is 2.33. The molecule has 0 aliphatic rings. The van der Waals surface area contributed by atoms with E-state index in [1.807, 2.05) is 39.8 Å². The number of anilines is 1. The van der Waals surface area contributed by atoms with Gasteiger partial charge in [-0.25, -0.2) is 8.42 Å². The van der Waals surface area contributed by atoms with Gasteiger partial charge < -0.3 is 15.0 Å². The Kier molecular flexibility index (Phi) is 10.2. The number of sulfonamides is 1. The number of halogens is 1. The van der Waals surface area contributed by atoms with Gasteiger partial charge in [-0.3, -0.25) is 13.9 Å². The molecule has 3 rings (SSSR count). The third-order valence-electron chi connectivity index (χ3n) is 6.54. The molecule has 214 valence electrons. The second-order valence-electron chi connectivity index (χ2n) is 9.95. The van der Waals surface area contributed by atoms with Crippen molar-refractivity contribution >= 4 is 39.1 Å². The first-order valence-electron chi connectivity index (χ1n) is 12.9. The predicted molar refractivity (Wildman–Crippen MR) is 158 cm³/mol. The van der Waals surface area contributed by atoms with E-state index in [0.29, 0.717) is 16.5 Å². The SMILES string of the molecule is COc1cccc(CN(C(=O)CN(c2ccc(C)c(C)c2)S(=O)(=O)c2ccc(Cl)cc2)[C@H](C)C(=O)NC(C)C)c1.